The van der Waals surface area contributed by atoms with Crippen molar-refractivity contribution in [3.05, 3.63) is 70.6 Å². The van der Waals surface area contributed by atoms with Gasteiger partial charge in [0.2, 0.25) is 0 Å². The molecule has 1 aliphatic rings. The highest BCUT2D eigenvalue weighted by Crippen LogP contribution is 2.24. The van der Waals surface area contributed by atoms with E-state index in [4.69, 9.17) is 11.6 Å². The largest absolute Gasteiger partial charge is 0.333 e. The van der Waals surface area contributed by atoms with Crippen LogP contribution < -0.4 is 10.2 Å². The van der Waals surface area contributed by atoms with Gasteiger partial charge in [0.05, 0.1) is 5.69 Å². The van der Waals surface area contributed by atoms with Crippen molar-refractivity contribution in [3.8, 4) is 0 Å². The highest BCUT2D eigenvalue weighted by Gasteiger charge is 2.34. The fraction of sp³-hybridized carbons (Fsp3) is 0. The van der Waals surface area contributed by atoms with Crippen LogP contribution in [0.4, 0.5) is 14.9 Å². The summed E-state index contributed by atoms with van der Waals surface area (Å²) < 4.78 is 12.9. The molecule has 2 aromatic carbocycles. The lowest BCUT2D eigenvalue weighted by atomic mass is 10.2. The zero-order valence-corrected chi connectivity index (χ0v) is 12.0. The Balaban J connectivity index is 1.93. The first-order valence-electron chi connectivity index (χ1n) is 6.43. The molecular weight excluding hydrogens is 307 g/mol. The number of carbonyl (C=O) groups excluding carboxylic acids is 2. The summed E-state index contributed by atoms with van der Waals surface area (Å²) in [4.78, 5) is 25.4. The Kier molecular flexibility index (Phi) is 3.65. The van der Waals surface area contributed by atoms with Crippen molar-refractivity contribution in [2.45, 2.75) is 0 Å². The third kappa shape index (κ3) is 2.71. The molecule has 22 heavy (non-hydrogen) atoms. The van der Waals surface area contributed by atoms with Crippen LogP contribution in [0.25, 0.3) is 6.08 Å². The minimum atomic E-state index is -0.555. The summed E-state index contributed by atoms with van der Waals surface area (Å²) in [6.07, 6.45) is 1.49. The Morgan fingerprint density at radius 1 is 1.09 bits per heavy atom. The average molecular weight is 317 g/mol. The summed E-state index contributed by atoms with van der Waals surface area (Å²) in [6.45, 7) is 0. The van der Waals surface area contributed by atoms with Crippen molar-refractivity contribution < 1.29 is 14.0 Å². The molecule has 6 heteroatoms. The molecule has 4 nitrogen and oxygen atoms in total. The first-order chi connectivity index (χ1) is 10.5. The summed E-state index contributed by atoms with van der Waals surface area (Å²) in [7, 11) is 0. The van der Waals surface area contributed by atoms with Crippen LogP contribution in [0.3, 0.4) is 0 Å². The summed E-state index contributed by atoms with van der Waals surface area (Å²) >= 11 is 5.88. The number of anilines is 1. The van der Waals surface area contributed by atoms with E-state index in [0.29, 0.717) is 16.3 Å². The summed E-state index contributed by atoms with van der Waals surface area (Å²) in [6, 6.07) is 11.5. The fourth-order valence-electron chi connectivity index (χ4n) is 2.11. The molecule has 1 fully saturated rings. The highest BCUT2D eigenvalue weighted by atomic mass is 35.5. The Labute approximate surface area is 130 Å². The molecule has 0 bridgehead atoms. The lowest BCUT2D eigenvalue weighted by Gasteiger charge is -2.11. The Morgan fingerprint density at radius 2 is 1.82 bits per heavy atom. The van der Waals surface area contributed by atoms with E-state index in [1.54, 1.807) is 18.2 Å². The van der Waals surface area contributed by atoms with Crippen LogP contribution in [0.5, 0.6) is 0 Å². The molecule has 1 heterocycles. The normalized spacial score (nSPS) is 16.3. The lowest BCUT2D eigenvalue weighted by Crippen LogP contribution is -2.30. The number of amides is 3. The number of urea groups is 1. The minimum Gasteiger partial charge on any atom is -0.302 e. The van der Waals surface area contributed by atoms with Gasteiger partial charge in [-0.05, 0) is 42.0 Å². The maximum Gasteiger partial charge on any atom is 0.333 e. The zero-order chi connectivity index (χ0) is 15.7. The van der Waals surface area contributed by atoms with Crippen molar-refractivity contribution >= 4 is 35.3 Å². The Bertz CT molecular complexity index is 787. The topological polar surface area (TPSA) is 49.4 Å². The monoisotopic (exact) mass is 316 g/mol. The van der Waals surface area contributed by atoms with Crippen LogP contribution in [-0.2, 0) is 4.79 Å². The molecule has 1 aliphatic heterocycles. The molecule has 110 valence electrons. The molecule has 0 aliphatic carbocycles. The minimum absolute atomic E-state index is 0.122. The molecule has 0 atom stereocenters. The van der Waals surface area contributed by atoms with Crippen LogP contribution in [-0.4, -0.2) is 11.9 Å². The third-order valence-corrected chi connectivity index (χ3v) is 3.36. The molecule has 0 aromatic heterocycles. The Hall–Kier alpha value is -2.66. The lowest BCUT2D eigenvalue weighted by molar-refractivity contribution is -0.113. The number of halogens is 2. The van der Waals surface area contributed by atoms with E-state index >= 15 is 0 Å². The SMILES string of the molecule is O=C1N/C(=C/c2ccc(F)cc2)C(=O)N1c1cccc(Cl)c1. The summed E-state index contributed by atoms with van der Waals surface area (Å²) in [5.74, 6) is -0.860. The fourth-order valence-corrected chi connectivity index (χ4v) is 2.29. The van der Waals surface area contributed by atoms with E-state index < -0.39 is 11.9 Å². The van der Waals surface area contributed by atoms with Gasteiger partial charge in [-0.3, -0.25) is 4.79 Å². The van der Waals surface area contributed by atoms with Gasteiger partial charge in [0.25, 0.3) is 5.91 Å². The van der Waals surface area contributed by atoms with Crippen molar-refractivity contribution in [1.29, 1.82) is 0 Å². The second kappa shape index (κ2) is 5.61. The second-order valence-electron chi connectivity index (χ2n) is 4.66. The molecular formula is C16H10ClFN2O2. The van der Waals surface area contributed by atoms with Crippen LogP contribution in [0.2, 0.25) is 5.02 Å². The maximum atomic E-state index is 12.9. The number of benzene rings is 2. The van der Waals surface area contributed by atoms with Crippen LogP contribution >= 0.6 is 11.6 Å². The highest BCUT2D eigenvalue weighted by molar-refractivity contribution is 6.32. The van der Waals surface area contributed by atoms with Gasteiger partial charge < -0.3 is 5.32 Å². The average Bonchev–Trinajstić information content (AvgIpc) is 2.76. The quantitative estimate of drug-likeness (QED) is 0.680. The second-order valence-corrected chi connectivity index (χ2v) is 5.10. The van der Waals surface area contributed by atoms with E-state index in [9.17, 15) is 14.0 Å². The maximum absolute atomic E-state index is 12.9. The number of hydrogen-bond donors (Lipinski definition) is 1. The zero-order valence-electron chi connectivity index (χ0n) is 11.2. The van der Waals surface area contributed by atoms with Gasteiger partial charge in [0, 0.05) is 5.02 Å². The Morgan fingerprint density at radius 3 is 2.50 bits per heavy atom. The van der Waals surface area contributed by atoms with Crippen molar-refractivity contribution in [2.75, 3.05) is 4.90 Å². The number of nitrogens with zero attached hydrogens (tertiary/aromatic N) is 1. The molecule has 0 radical (unpaired) electrons. The van der Waals surface area contributed by atoms with E-state index in [1.807, 2.05) is 0 Å². The van der Waals surface area contributed by atoms with Gasteiger partial charge in [0.1, 0.15) is 11.5 Å². The smallest absolute Gasteiger partial charge is 0.302 e. The number of hydrogen-bond acceptors (Lipinski definition) is 2. The molecule has 2 aromatic rings. The molecule has 1 N–H and O–H groups in total. The van der Waals surface area contributed by atoms with Gasteiger partial charge in [-0.15, -0.1) is 0 Å². The molecule has 0 spiro atoms. The van der Waals surface area contributed by atoms with E-state index in [-0.39, 0.29) is 11.5 Å². The first-order valence-corrected chi connectivity index (χ1v) is 6.81. The van der Waals surface area contributed by atoms with Crippen LogP contribution in [0.15, 0.2) is 54.2 Å². The van der Waals surface area contributed by atoms with Crippen LogP contribution in [0.1, 0.15) is 5.56 Å². The van der Waals surface area contributed by atoms with Gasteiger partial charge in [-0.1, -0.05) is 29.8 Å². The standard InChI is InChI=1S/C16H10ClFN2O2/c17-11-2-1-3-13(9-11)20-15(21)14(19-16(20)22)8-10-4-6-12(18)7-5-10/h1-9H,(H,19,22)/b14-8+. The molecule has 3 rings (SSSR count). The van der Waals surface area contributed by atoms with Gasteiger partial charge in [0.15, 0.2) is 0 Å². The van der Waals surface area contributed by atoms with Gasteiger partial charge >= 0.3 is 6.03 Å². The number of imide groups is 1. The van der Waals surface area contributed by atoms with E-state index in [1.165, 1.54) is 36.4 Å². The predicted octanol–water partition coefficient (Wildman–Crippen LogP) is 3.58. The van der Waals surface area contributed by atoms with E-state index in [2.05, 4.69) is 5.32 Å². The molecule has 0 saturated carbocycles. The number of nitrogens with one attached hydrogen (secondary N) is 1. The van der Waals surface area contributed by atoms with Crippen molar-refractivity contribution in [2.24, 2.45) is 0 Å². The van der Waals surface area contributed by atoms with Gasteiger partial charge in [-0.25, -0.2) is 14.1 Å². The molecule has 3 amide bonds. The molecule has 1 saturated heterocycles. The van der Waals surface area contributed by atoms with Gasteiger partial charge in [-0.2, -0.15) is 0 Å². The van der Waals surface area contributed by atoms with E-state index in [0.717, 1.165) is 4.90 Å². The van der Waals surface area contributed by atoms with Crippen LogP contribution in [0, 0.1) is 5.82 Å². The first kappa shape index (κ1) is 14.3. The summed E-state index contributed by atoms with van der Waals surface area (Å²) in [5.41, 5.74) is 1.12. The molecule has 0 unspecified atom stereocenters. The number of carbonyl (C=O) groups is 2. The summed E-state index contributed by atoms with van der Waals surface area (Å²) in [5, 5.41) is 2.92. The third-order valence-electron chi connectivity index (χ3n) is 3.13. The number of rotatable bonds is 2. The van der Waals surface area contributed by atoms with Crippen molar-refractivity contribution in [1.82, 2.24) is 5.32 Å². The van der Waals surface area contributed by atoms with Crippen molar-refractivity contribution in [3.63, 3.8) is 0 Å². The predicted molar refractivity (Wildman–Crippen MR) is 81.8 cm³/mol.